The smallest absolute Gasteiger partial charge is 0.293 e. The van der Waals surface area contributed by atoms with Gasteiger partial charge in [-0.2, -0.15) is 0 Å². The van der Waals surface area contributed by atoms with E-state index in [4.69, 9.17) is 0 Å². The van der Waals surface area contributed by atoms with Gasteiger partial charge in [0.1, 0.15) is 6.04 Å². The van der Waals surface area contributed by atoms with Crippen molar-refractivity contribution in [2.24, 2.45) is 5.92 Å². The van der Waals surface area contributed by atoms with Crippen molar-refractivity contribution >= 4 is 11.8 Å². The van der Waals surface area contributed by atoms with E-state index in [0.29, 0.717) is 11.8 Å². The monoisotopic (exact) mass is 320 g/mol. The summed E-state index contributed by atoms with van der Waals surface area (Å²) in [5, 5.41) is 2.01. The van der Waals surface area contributed by atoms with Crippen molar-refractivity contribution in [1.29, 1.82) is 0 Å². The summed E-state index contributed by atoms with van der Waals surface area (Å²) in [6, 6.07) is 8.90. The van der Waals surface area contributed by atoms with Crippen molar-refractivity contribution in [3.63, 3.8) is 0 Å². The zero-order chi connectivity index (χ0) is 17.4. The minimum absolute atomic E-state index is 0.206. The molecule has 4 N–H and O–H groups in total. The Bertz CT molecular complexity index is 512. The Hall–Kier alpha value is -1.88. The lowest BCUT2D eigenvalue weighted by Gasteiger charge is -2.20. The van der Waals surface area contributed by atoms with E-state index in [0.717, 1.165) is 6.42 Å². The van der Waals surface area contributed by atoms with Crippen molar-refractivity contribution in [2.75, 3.05) is 6.54 Å². The molecule has 0 unspecified atom stereocenters. The molecule has 0 radical (unpaired) electrons. The number of benzene rings is 1. The molecule has 0 fully saturated rings. The van der Waals surface area contributed by atoms with Gasteiger partial charge in [0, 0.05) is 18.4 Å². The van der Waals surface area contributed by atoms with E-state index in [-0.39, 0.29) is 24.4 Å². The first-order chi connectivity index (χ1) is 10.8. The Morgan fingerprint density at radius 2 is 1.61 bits per heavy atom. The Labute approximate surface area is 139 Å². The molecule has 0 heterocycles. The predicted octanol–water partition coefficient (Wildman–Crippen LogP) is 1.63. The topological polar surface area (TPSA) is 74.8 Å². The third kappa shape index (κ3) is 6.40. The van der Waals surface area contributed by atoms with Gasteiger partial charge in [0.15, 0.2) is 6.54 Å². The van der Waals surface area contributed by atoms with Crippen LogP contribution in [0.5, 0.6) is 0 Å². The predicted molar refractivity (Wildman–Crippen MR) is 91.5 cm³/mol. The fraction of sp³-hybridized carbons (Fsp3) is 0.556. The van der Waals surface area contributed by atoms with Crippen molar-refractivity contribution < 1.29 is 14.9 Å². The van der Waals surface area contributed by atoms with Gasteiger partial charge in [0.2, 0.25) is 5.91 Å². The SMILES string of the molecule is CC[C@@H](C)c1ccc([C@@H]([NH2+]CC(=O)NNC(C)=O)C(C)C)cc1. The average molecular weight is 320 g/mol. The number of nitrogens with one attached hydrogen (secondary N) is 2. The van der Waals surface area contributed by atoms with Crippen LogP contribution in [0, 0.1) is 5.92 Å². The highest BCUT2D eigenvalue weighted by Crippen LogP contribution is 2.22. The molecular weight excluding hydrogens is 290 g/mol. The molecule has 23 heavy (non-hydrogen) atoms. The van der Waals surface area contributed by atoms with E-state index >= 15 is 0 Å². The summed E-state index contributed by atoms with van der Waals surface area (Å²) in [6.07, 6.45) is 1.13. The number of hydrogen-bond acceptors (Lipinski definition) is 2. The lowest BCUT2D eigenvalue weighted by Crippen LogP contribution is -2.88. The number of carbonyl (C=O) groups is 2. The second-order valence-corrected chi connectivity index (χ2v) is 6.41. The summed E-state index contributed by atoms with van der Waals surface area (Å²) >= 11 is 0. The molecule has 2 amide bonds. The lowest BCUT2D eigenvalue weighted by atomic mass is 9.92. The highest BCUT2D eigenvalue weighted by atomic mass is 16.2. The zero-order valence-electron chi connectivity index (χ0n) is 14.8. The Morgan fingerprint density at radius 3 is 2.09 bits per heavy atom. The summed E-state index contributed by atoms with van der Waals surface area (Å²) in [4.78, 5) is 22.5. The van der Waals surface area contributed by atoms with E-state index in [1.807, 2.05) is 5.32 Å². The fourth-order valence-corrected chi connectivity index (χ4v) is 2.52. The molecule has 128 valence electrons. The molecule has 0 aliphatic carbocycles. The van der Waals surface area contributed by atoms with Gasteiger partial charge in [-0.25, -0.2) is 0 Å². The van der Waals surface area contributed by atoms with Crippen molar-refractivity contribution in [3.05, 3.63) is 35.4 Å². The van der Waals surface area contributed by atoms with Crippen LogP contribution in [0.4, 0.5) is 0 Å². The zero-order valence-corrected chi connectivity index (χ0v) is 14.8. The fourth-order valence-electron chi connectivity index (χ4n) is 2.52. The molecule has 5 heteroatoms. The molecule has 0 saturated heterocycles. The maximum absolute atomic E-state index is 11.7. The number of carbonyl (C=O) groups excluding carboxylic acids is 2. The lowest BCUT2D eigenvalue weighted by molar-refractivity contribution is -0.692. The van der Waals surface area contributed by atoms with E-state index in [2.05, 4.69) is 62.8 Å². The number of nitrogens with two attached hydrogens (primary N) is 1. The van der Waals surface area contributed by atoms with Crippen LogP contribution in [0.25, 0.3) is 0 Å². The molecule has 1 aromatic rings. The molecule has 0 bridgehead atoms. The molecular formula is C18H30N3O2+. The van der Waals surface area contributed by atoms with Gasteiger partial charge in [-0.15, -0.1) is 0 Å². The number of amides is 2. The minimum Gasteiger partial charge on any atom is -0.332 e. The van der Waals surface area contributed by atoms with Gasteiger partial charge in [-0.3, -0.25) is 20.4 Å². The Kier molecular flexibility index (Phi) is 7.75. The molecule has 0 spiro atoms. The molecule has 2 atom stereocenters. The standard InChI is InChI=1S/C18H29N3O2/c1-6-13(4)15-7-9-16(10-8-15)18(12(2)3)19-11-17(23)21-20-14(5)22/h7-10,12-13,18-19H,6,11H2,1-5H3,(H,20,22)(H,21,23)/p+1/t13-,18+/m1/s1. The summed E-state index contributed by atoms with van der Waals surface area (Å²) in [7, 11) is 0. The first kappa shape index (κ1) is 19.2. The summed E-state index contributed by atoms with van der Waals surface area (Å²) in [5.74, 6) is 0.480. The normalized spacial score (nSPS) is 13.5. The quantitative estimate of drug-likeness (QED) is 0.668. The van der Waals surface area contributed by atoms with Gasteiger partial charge in [-0.05, 0) is 17.9 Å². The van der Waals surface area contributed by atoms with E-state index in [1.54, 1.807) is 0 Å². The van der Waals surface area contributed by atoms with Crippen molar-refractivity contribution in [1.82, 2.24) is 10.9 Å². The maximum atomic E-state index is 11.7. The second kappa shape index (κ2) is 9.30. The number of hydrazine groups is 1. The number of rotatable bonds is 7. The van der Waals surface area contributed by atoms with Crippen LogP contribution < -0.4 is 16.2 Å². The highest BCUT2D eigenvalue weighted by Gasteiger charge is 2.20. The summed E-state index contributed by atoms with van der Waals surface area (Å²) in [6.45, 7) is 10.4. The third-order valence-electron chi connectivity index (χ3n) is 4.16. The third-order valence-corrected chi connectivity index (χ3v) is 4.16. The van der Waals surface area contributed by atoms with Crippen LogP contribution in [0.15, 0.2) is 24.3 Å². The van der Waals surface area contributed by atoms with Gasteiger partial charge < -0.3 is 5.32 Å². The van der Waals surface area contributed by atoms with Crippen molar-refractivity contribution in [2.45, 2.75) is 53.0 Å². The van der Waals surface area contributed by atoms with Gasteiger partial charge >= 0.3 is 0 Å². The molecule has 1 rings (SSSR count). The summed E-state index contributed by atoms with van der Waals surface area (Å²) in [5.41, 5.74) is 7.27. The van der Waals surface area contributed by atoms with Gasteiger partial charge in [-0.1, -0.05) is 52.0 Å². The van der Waals surface area contributed by atoms with E-state index in [1.165, 1.54) is 18.1 Å². The summed E-state index contributed by atoms with van der Waals surface area (Å²) < 4.78 is 0. The van der Waals surface area contributed by atoms with E-state index in [9.17, 15) is 9.59 Å². The van der Waals surface area contributed by atoms with Crippen LogP contribution in [0.3, 0.4) is 0 Å². The maximum Gasteiger partial charge on any atom is 0.293 e. The van der Waals surface area contributed by atoms with Gasteiger partial charge in [0.05, 0.1) is 0 Å². The van der Waals surface area contributed by atoms with Crippen LogP contribution in [0.1, 0.15) is 64.1 Å². The largest absolute Gasteiger partial charge is 0.332 e. The van der Waals surface area contributed by atoms with Crippen LogP contribution >= 0.6 is 0 Å². The Morgan fingerprint density at radius 1 is 1.04 bits per heavy atom. The second-order valence-electron chi connectivity index (χ2n) is 6.41. The molecule has 5 nitrogen and oxygen atoms in total. The Balaban J connectivity index is 2.67. The minimum atomic E-state index is -0.278. The highest BCUT2D eigenvalue weighted by molar-refractivity contribution is 5.81. The van der Waals surface area contributed by atoms with Crippen LogP contribution in [-0.4, -0.2) is 18.4 Å². The molecule has 0 aliphatic rings. The molecule has 0 aliphatic heterocycles. The number of hydrogen-bond donors (Lipinski definition) is 3. The van der Waals surface area contributed by atoms with Crippen LogP contribution in [0.2, 0.25) is 0 Å². The molecule has 1 aromatic carbocycles. The molecule has 0 saturated carbocycles. The first-order valence-electron chi connectivity index (χ1n) is 8.33. The van der Waals surface area contributed by atoms with Crippen molar-refractivity contribution in [3.8, 4) is 0 Å². The molecule has 0 aromatic heterocycles. The average Bonchev–Trinajstić information content (AvgIpc) is 2.52. The first-order valence-corrected chi connectivity index (χ1v) is 8.33. The number of quaternary nitrogens is 1. The van der Waals surface area contributed by atoms with Gasteiger partial charge in [0.25, 0.3) is 5.91 Å². The van der Waals surface area contributed by atoms with Crippen LogP contribution in [-0.2, 0) is 9.59 Å². The van der Waals surface area contributed by atoms with E-state index < -0.39 is 0 Å².